The largest absolute Gasteiger partial charge is 0.370 e. The number of nitrogens with zero attached hydrogens (tertiary/aromatic N) is 2. The Balaban J connectivity index is 1.64. The molecule has 2 atom stereocenters. The minimum Gasteiger partial charge on any atom is -0.370 e. The van der Waals surface area contributed by atoms with Gasteiger partial charge in [0.05, 0.1) is 13.2 Å². The molecule has 1 aromatic rings. The van der Waals surface area contributed by atoms with Crippen molar-refractivity contribution in [3.8, 4) is 0 Å². The van der Waals surface area contributed by atoms with Gasteiger partial charge < -0.3 is 14.5 Å². The standard InChI is InChI=1S/C17H22N2O3/c1-18-8-7-14(11-16(18)20)17(21)19-9-10-22-15(12-19)13-5-3-2-4-6-13/h2-6,14-15H,7-12H2,1H3. The molecule has 2 saturated heterocycles. The van der Waals surface area contributed by atoms with Crippen molar-refractivity contribution < 1.29 is 14.3 Å². The van der Waals surface area contributed by atoms with Gasteiger partial charge in [0.1, 0.15) is 6.10 Å². The highest BCUT2D eigenvalue weighted by molar-refractivity contribution is 5.87. The fourth-order valence-corrected chi connectivity index (χ4v) is 3.13. The third-order valence-electron chi connectivity index (χ3n) is 4.56. The molecule has 118 valence electrons. The number of hydrogen-bond acceptors (Lipinski definition) is 3. The third-order valence-corrected chi connectivity index (χ3v) is 4.56. The Morgan fingerprint density at radius 2 is 2.00 bits per heavy atom. The molecule has 0 radical (unpaired) electrons. The molecule has 5 heteroatoms. The second kappa shape index (κ2) is 6.48. The second-order valence-electron chi connectivity index (χ2n) is 6.06. The summed E-state index contributed by atoms with van der Waals surface area (Å²) in [5.41, 5.74) is 1.10. The lowest BCUT2D eigenvalue weighted by molar-refractivity contribution is -0.149. The van der Waals surface area contributed by atoms with Crippen LogP contribution >= 0.6 is 0 Å². The van der Waals surface area contributed by atoms with E-state index in [2.05, 4.69) is 0 Å². The topological polar surface area (TPSA) is 49.9 Å². The van der Waals surface area contributed by atoms with Crippen LogP contribution in [0, 0.1) is 5.92 Å². The van der Waals surface area contributed by atoms with Crippen LogP contribution in [0.2, 0.25) is 0 Å². The van der Waals surface area contributed by atoms with Gasteiger partial charge in [0.25, 0.3) is 0 Å². The van der Waals surface area contributed by atoms with Crippen LogP contribution in [0.25, 0.3) is 0 Å². The van der Waals surface area contributed by atoms with E-state index >= 15 is 0 Å². The fourth-order valence-electron chi connectivity index (χ4n) is 3.13. The van der Waals surface area contributed by atoms with Gasteiger partial charge >= 0.3 is 0 Å². The van der Waals surface area contributed by atoms with Crippen molar-refractivity contribution in [3.05, 3.63) is 35.9 Å². The van der Waals surface area contributed by atoms with Crippen molar-refractivity contribution in [2.75, 3.05) is 33.3 Å². The summed E-state index contributed by atoms with van der Waals surface area (Å²) in [5.74, 6) is 0.00127. The first-order chi connectivity index (χ1) is 10.6. The molecule has 2 amide bonds. The molecular formula is C17H22N2O3. The molecule has 3 rings (SSSR count). The quantitative estimate of drug-likeness (QED) is 0.831. The summed E-state index contributed by atoms with van der Waals surface area (Å²) in [6.45, 7) is 2.40. The molecular weight excluding hydrogens is 280 g/mol. The molecule has 0 aliphatic carbocycles. The van der Waals surface area contributed by atoms with Crippen molar-refractivity contribution in [2.45, 2.75) is 18.9 Å². The zero-order valence-electron chi connectivity index (χ0n) is 12.9. The Bertz CT molecular complexity index is 546. The van der Waals surface area contributed by atoms with Gasteiger partial charge in [-0.25, -0.2) is 0 Å². The summed E-state index contributed by atoms with van der Waals surface area (Å²) in [5, 5.41) is 0. The predicted octanol–water partition coefficient (Wildman–Crippen LogP) is 1.45. The lowest BCUT2D eigenvalue weighted by atomic mass is 9.94. The number of carbonyl (C=O) groups is 2. The molecule has 0 N–H and O–H groups in total. The Hall–Kier alpha value is -1.88. The highest BCUT2D eigenvalue weighted by atomic mass is 16.5. The highest BCUT2D eigenvalue weighted by Gasteiger charge is 2.34. The van der Waals surface area contributed by atoms with Crippen LogP contribution in [0.3, 0.4) is 0 Å². The lowest BCUT2D eigenvalue weighted by Crippen LogP contribution is -2.48. The van der Waals surface area contributed by atoms with E-state index in [4.69, 9.17) is 4.74 Å². The maximum Gasteiger partial charge on any atom is 0.226 e. The molecule has 0 spiro atoms. The Morgan fingerprint density at radius 3 is 2.73 bits per heavy atom. The van der Waals surface area contributed by atoms with Gasteiger partial charge in [-0.3, -0.25) is 9.59 Å². The number of benzene rings is 1. The number of piperidine rings is 1. The van der Waals surface area contributed by atoms with Crippen LogP contribution in [-0.4, -0.2) is 54.9 Å². The summed E-state index contributed by atoms with van der Waals surface area (Å²) in [7, 11) is 1.79. The van der Waals surface area contributed by atoms with Crippen LogP contribution < -0.4 is 0 Å². The zero-order valence-corrected chi connectivity index (χ0v) is 12.9. The minimum absolute atomic E-state index is 0.0671. The van der Waals surface area contributed by atoms with Gasteiger partial charge in [0.2, 0.25) is 11.8 Å². The predicted molar refractivity (Wildman–Crippen MR) is 82.1 cm³/mol. The molecule has 5 nitrogen and oxygen atoms in total. The van der Waals surface area contributed by atoms with Crippen molar-refractivity contribution in [3.63, 3.8) is 0 Å². The number of carbonyl (C=O) groups excluding carboxylic acids is 2. The summed E-state index contributed by atoms with van der Waals surface area (Å²) in [6.07, 6.45) is 1.03. The number of amides is 2. The van der Waals surface area contributed by atoms with Gasteiger partial charge in [-0.15, -0.1) is 0 Å². The number of likely N-dealkylation sites (tertiary alicyclic amines) is 1. The first-order valence-electron chi connectivity index (χ1n) is 7.84. The first-order valence-corrected chi connectivity index (χ1v) is 7.84. The van der Waals surface area contributed by atoms with Crippen molar-refractivity contribution in [1.82, 2.24) is 9.80 Å². The smallest absolute Gasteiger partial charge is 0.226 e. The SMILES string of the molecule is CN1CCC(C(=O)N2CCOC(c3ccccc3)C2)CC1=O. The monoisotopic (exact) mass is 302 g/mol. The van der Waals surface area contributed by atoms with Crippen molar-refractivity contribution in [2.24, 2.45) is 5.92 Å². The lowest BCUT2D eigenvalue weighted by Gasteiger charge is -2.37. The van der Waals surface area contributed by atoms with Crippen LogP contribution in [0.5, 0.6) is 0 Å². The van der Waals surface area contributed by atoms with E-state index in [1.165, 1.54) is 0 Å². The second-order valence-corrected chi connectivity index (χ2v) is 6.06. The molecule has 0 aromatic heterocycles. The van der Waals surface area contributed by atoms with E-state index in [-0.39, 0.29) is 23.8 Å². The average molecular weight is 302 g/mol. The van der Waals surface area contributed by atoms with E-state index in [9.17, 15) is 9.59 Å². The molecule has 2 aliphatic rings. The number of ether oxygens (including phenoxy) is 1. The summed E-state index contributed by atoms with van der Waals surface area (Å²) in [4.78, 5) is 28.1. The normalized spacial score (nSPS) is 26.1. The Labute approximate surface area is 130 Å². The highest BCUT2D eigenvalue weighted by Crippen LogP contribution is 2.25. The summed E-state index contributed by atoms with van der Waals surface area (Å²) in [6, 6.07) is 9.99. The van der Waals surface area contributed by atoms with Crippen molar-refractivity contribution >= 4 is 11.8 Å². The Morgan fingerprint density at radius 1 is 1.23 bits per heavy atom. The van der Waals surface area contributed by atoms with Crippen molar-refractivity contribution in [1.29, 1.82) is 0 Å². The molecule has 2 fully saturated rings. The maximum absolute atomic E-state index is 12.7. The molecule has 22 heavy (non-hydrogen) atoms. The average Bonchev–Trinajstić information content (AvgIpc) is 2.57. The molecule has 0 saturated carbocycles. The molecule has 0 bridgehead atoms. The fraction of sp³-hybridized carbons (Fsp3) is 0.529. The van der Waals surface area contributed by atoms with Crippen LogP contribution in [0.4, 0.5) is 0 Å². The molecule has 2 heterocycles. The number of morpholine rings is 1. The zero-order chi connectivity index (χ0) is 15.5. The molecule has 1 aromatic carbocycles. The summed E-state index contributed by atoms with van der Waals surface area (Å²) >= 11 is 0. The molecule has 2 aliphatic heterocycles. The summed E-state index contributed by atoms with van der Waals surface area (Å²) < 4.78 is 5.80. The molecule has 2 unspecified atom stereocenters. The van der Waals surface area contributed by atoms with Gasteiger partial charge in [-0.2, -0.15) is 0 Å². The number of hydrogen-bond donors (Lipinski definition) is 0. The number of rotatable bonds is 2. The minimum atomic E-state index is -0.168. The van der Waals surface area contributed by atoms with E-state index in [0.717, 1.165) is 12.0 Å². The third kappa shape index (κ3) is 3.14. The van der Waals surface area contributed by atoms with E-state index in [0.29, 0.717) is 32.7 Å². The van der Waals surface area contributed by atoms with Crippen LogP contribution in [-0.2, 0) is 14.3 Å². The van der Waals surface area contributed by atoms with E-state index in [1.807, 2.05) is 35.2 Å². The van der Waals surface area contributed by atoms with Crippen LogP contribution in [0.1, 0.15) is 24.5 Å². The van der Waals surface area contributed by atoms with Crippen LogP contribution in [0.15, 0.2) is 30.3 Å². The maximum atomic E-state index is 12.7. The first kappa shape index (κ1) is 15.0. The van der Waals surface area contributed by atoms with Gasteiger partial charge in [-0.05, 0) is 12.0 Å². The van der Waals surface area contributed by atoms with E-state index < -0.39 is 0 Å². The van der Waals surface area contributed by atoms with Gasteiger partial charge in [-0.1, -0.05) is 30.3 Å². The van der Waals surface area contributed by atoms with E-state index in [1.54, 1.807) is 11.9 Å². The Kier molecular flexibility index (Phi) is 4.43. The van der Waals surface area contributed by atoms with Gasteiger partial charge in [0.15, 0.2) is 0 Å². The van der Waals surface area contributed by atoms with Gasteiger partial charge in [0, 0.05) is 32.5 Å².